The summed E-state index contributed by atoms with van der Waals surface area (Å²) in [4.78, 5) is 10.4. The van der Waals surface area contributed by atoms with E-state index in [1.807, 2.05) is 30.3 Å². The summed E-state index contributed by atoms with van der Waals surface area (Å²) in [6.07, 6.45) is -0.426. The maximum Gasteiger partial charge on any atom is 0.269 e. The van der Waals surface area contributed by atoms with Gasteiger partial charge in [-0.3, -0.25) is 10.1 Å². The van der Waals surface area contributed by atoms with Crippen molar-refractivity contribution in [2.45, 2.75) is 23.7 Å². The molecule has 0 saturated carbocycles. The number of epoxide rings is 2. The van der Waals surface area contributed by atoms with E-state index in [0.717, 1.165) is 5.56 Å². The Kier molecular flexibility index (Phi) is 3.60. The van der Waals surface area contributed by atoms with Crippen LogP contribution in [-0.2, 0) is 15.1 Å². The first-order chi connectivity index (χ1) is 11.6. The molecule has 2 aliphatic rings. The van der Waals surface area contributed by atoms with Crippen molar-refractivity contribution in [3.05, 3.63) is 75.8 Å². The zero-order valence-corrected chi connectivity index (χ0v) is 12.9. The molecular formula is C18H17NO5. The number of hydrogen-bond donors (Lipinski definition) is 1. The molecule has 0 spiro atoms. The van der Waals surface area contributed by atoms with Crippen molar-refractivity contribution in [1.82, 2.24) is 0 Å². The van der Waals surface area contributed by atoms with Gasteiger partial charge in [-0.15, -0.1) is 0 Å². The Labute approximate surface area is 138 Å². The standard InChI is InChI=1S/C18H17NO5/c20-18(16-11-24-16,13-6-8-14(9-7-13)19(21)22)17(15-10-23-15)12-4-2-1-3-5-12/h1-9,15-17,20H,10-11H2/t15?,16-,17?,18-/m0/s1. The Bertz CT molecular complexity index is 740. The lowest BCUT2D eigenvalue weighted by Gasteiger charge is -2.35. The molecule has 124 valence electrons. The van der Waals surface area contributed by atoms with Crippen molar-refractivity contribution in [2.75, 3.05) is 13.2 Å². The highest BCUT2D eigenvalue weighted by molar-refractivity contribution is 5.40. The molecule has 0 amide bonds. The van der Waals surface area contributed by atoms with Crippen LogP contribution in [0.5, 0.6) is 0 Å². The van der Waals surface area contributed by atoms with Gasteiger partial charge in [0.15, 0.2) is 0 Å². The zero-order chi connectivity index (χ0) is 16.7. The molecule has 2 aromatic carbocycles. The summed E-state index contributed by atoms with van der Waals surface area (Å²) in [6.45, 7) is 1.05. The molecule has 0 aliphatic carbocycles. The largest absolute Gasteiger partial charge is 0.382 e. The van der Waals surface area contributed by atoms with E-state index < -0.39 is 10.5 Å². The summed E-state index contributed by atoms with van der Waals surface area (Å²) in [5.41, 5.74) is 0.297. The fourth-order valence-corrected chi connectivity index (χ4v) is 3.38. The van der Waals surface area contributed by atoms with E-state index in [1.54, 1.807) is 12.1 Å². The van der Waals surface area contributed by atoms with Gasteiger partial charge in [0, 0.05) is 18.1 Å². The molecule has 2 heterocycles. The normalized spacial score (nSPS) is 25.5. The molecule has 2 aliphatic heterocycles. The van der Waals surface area contributed by atoms with Gasteiger partial charge >= 0.3 is 0 Å². The third kappa shape index (κ3) is 2.58. The number of rotatable bonds is 6. The van der Waals surface area contributed by atoms with E-state index in [4.69, 9.17) is 9.47 Å². The smallest absolute Gasteiger partial charge is 0.269 e. The van der Waals surface area contributed by atoms with E-state index in [-0.39, 0.29) is 23.8 Å². The number of nitro benzene ring substituents is 1. The van der Waals surface area contributed by atoms with Crippen LogP contribution in [0.2, 0.25) is 0 Å². The van der Waals surface area contributed by atoms with Crippen molar-refractivity contribution in [3.63, 3.8) is 0 Å². The molecule has 6 heteroatoms. The molecule has 2 aromatic rings. The van der Waals surface area contributed by atoms with E-state index >= 15 is 0 Å². The van der Waals surface area contributed by atoms with E-state index in [0.29, 0.717) is 18.8 Å². The first-order valence-corrected chi connectivity index (χ1v) is 7.86. The molecule has 0 radical (unpaired) electrons. The fourth-order valence-electron chi connectivity index (χ4n) is 3.38. The average molecular weight is 327 g/mol. The van der Waals surface area contributed by atoms with Crippen molar-refractivity contribution in [3.8, 4) is 0 Å². The van der Waals surface area contributed by atoms with Crippen molar-refractivity contribution in [2.24, 2.45) is 0 Å². The highest BCUT2D eigenvalue weighted by Gasteiger charge is 2.57. The molecule has 1 N–H and O–H groups in total. The van der Waals surface area contributed by atoms with Gasteiger partial charge in [0.05, 0.1) is 24.2 Å². The molecule has 2 fully saturated rings. The van der Waals surface area contributed by atoms with Crippen LogP contribution in [0.1, 0.15) is 17.0 Å². The number of aliphatic hydroxyl groups is 1. The topological polar surface area (TPSA) is 88.4 Å². The summed E-state index contributed by atoms with van der Waals surface area (Å²) in [7, 11) is 0. The van der Waals surface area contributed by atoms with Gasteiger partial charge in [-0.25, -0.2) is 0 Å². The van der Waals surface area contributed by atoms with E-state index in [9.17, 15) is 15.2 Å². The fraction of sp³-hybridized carbons (Fsp3) is 0.333. The molecule has 24 heavy (non-hydrogen) atoms. The van der Waals surface area contributed by atoms with Gasteiger partial charge in [-0.05, 0) is 23.3 Å². The number of nitro groups is 1. The lowest BCUT2D eigenvalue weighted by molar-refractivity contribution is -0.384. The van der Waals surface area contributed by atoms with Gasteiger partial charge in [-0.1, -0.05) is 30.3 Å². The Balaban J connectivity index is 1.78. The van der Waals surface area contributed by atoms with Gasteiger partial charge in [0.2, 0.25) is 0 Å². The van der Waals surface area contributed by atoms with Crippen LogP contribution in [0.3, 0.4) is 0 Å². The lowest BCUT2D eigenvalue weighted by atomic mass is 9.73. The molecule has 2 saturated heterocycles. The maximum atomic E-state index is 11.6. The molecule has 0 bridgehead atoms. The minimum atomic E-state index is -1.28. The summed E-state index contributed by atoms with van der Waals surface area (Å²) in [6, 6.07) is 15.7. The maximum absolute atomic E-state index is 11.6. The number of hydrogen-bond acceptors (Lipinski definition) is 5. The third-order valence-electron chi connectivity index (χ3n) is 4.73. The number of ether oxygens (including phenoxy) is 2. The van der Waals surface area contributed by atoms with Crippen molar-refractivity contribution in [1.29, 1.82) is 0 Å². The highest BCUT2D eigenvalue weighted by Crippen LogP contribution is 2.50. The predicted molar refractivity (Wildman–Crippen MR) is 85.7 cm³/mol. The minimum absolute atomic E-state index is 0.00301. The highest BCUT2D eigenvalue weighted by atomic mass is 16.6. The van der Waals surface area contributed by atoms with Crippen LogP contribution in [0.15, 0.2) is 54.6 Å². The molecule has 0 aromatic heterocycles. The SMILES string of the molecule is O=[N+]([O-])c1ccc([C@@](O)(C(c2ccccc2)C2CO2)[C@@H]2CO2)cc1. The van der Waals surface area contributed by atoms with Crippen LogP contribution in [0.4, 0.5) is 5.69 Å². The molecule has 4 atom stereocenters. The van der Waals surface area contributed by atoms with Crippen LogP contribution >= 0.6 is 0 Å². The Morgan fingerprint density at radius 3 is 2.21 bits per heavy atom. The summed E-state index contributed by atoms with van der Waals surface area (Å²) in [5.74, 6) is -0.285. The van der Waals surface area contributed by atoms with Gasteiger partial charge in [-0.2, -0.15) is 0 Å². The minimum Gasteiger partial charge on any atom is -0.382 e. The second kappa shape index (κ2) is 5.66. The first-order valence-electron chi connectivity index (χ1n) is 7.86. The van der Waals surface area contributed by atoms with Gasteiger partial charge in [0.1, 0.15) is 11.7 Å². The van der Waals surface area contributed by atoms with Crippen LogP contribution in [0, 0.1) is 10.1 Å². The number of nitrogens with zero attached hydrogens (tertiary/aromatic N) is 1. The van der Waals surface area contributed by atoms with Crippen LogP contribution in [0.25, 0.3) is 0 Å². The zero-order valence-electron chi connectivity index (χ0n) is 12.9. The predicted octanol–water partition coefficient (Wildman–Crippen LogP) is 2.36. The Hall–Kier alpha value is -2.28. The third-order valence-corrected chi connectivity index (χ3v) is 4.73. The second-order valence-electron chi connectivity index (χ2n) is 6.21. The molecular weight excluding hydrogens is 310 g/mol. The summed E-state index contributed by atoms with van der Waals surface area (Å²) in [5, 5.41) is 22.5. The molecule has 2 unspecified atom stereocenters. The van der Waals surface area contributed by atoms with Gasteiger partial charge < -0.3 is 14.6 Å². The Morgan fingerprint density at radius 1 is 1.08 bits per heavy atom. The van der Waals surface area contributed by atoms with Crippen LogP contribution in [-0.4, -0.2) is 35.5 Å². The quantitative estimate of drug-likeness (QED) is 0.500. The second-order valence-corrected chi connectivity index (χ2v) is 6.21. The van der Waals surface area contributed by atoms with E-state index in [1.165, 1.54) is 12.1 Å². The van der Waals surface area contributed by atoms with Gasteiger partial charge in [0.25, 0.3) is 5.69 Å². The monoisotopic (exact) mass is 327 g/mol. The Morgan fingerprint density at radius 2 is 1.71 bits per heavy atom. The number of non-ortho nitro benzene ring substituents is 1. The van der Waals surface area contributed by atoms with E-state index in [2.05, 4.69) is 0 Å². The lowest BCUT2D eigenvalue weighted by Crippen LogP contribution is -2.42. The molecule has 4 rings (SSSR count). The molecule has 6 nitrogen and oxygen atoms in total. The van der Waals surface area contributed by atoms with Crippen molar-refractivity contribution < 1.29 is 19.5 Å². The van der Waals surface area contributed by atoms with Crippen molar-refractivity contribution >= 4 is 5.69 Å². The first kappa shape index (κ1) is 15.3. The average Bonchev–Trinajstić information content (AvgIpc) is 3.48. The number of benzene rings is 2. The van der Waals surface area contributed by atoms with Crippen LogP contribution < -0.4 is 0 Å². The summed E-state index contributed by atoms with van der Waals surface area (Å²) < 4.78 is 11.0. The summed E-state index contributed by atoms with van der Waals surface area (Å²) >= 11 is 0.